The van der Waals surface area contributed by atoms with Gasteiger partial charge < -0.3 is 10.5 Å². The summed E-state index contributed by atoms with van der Waals surface area (Å²) in [5, 5.41) is 0. The first kappa shape index (κ1) is 10.1. The quantitative estimate of drug-likeness (QED) is 0.779. The number of halogens is 2. The Hall–Kier alpha value is -1.00. The predicted octanol–water partition coefficient (Wildman–Crippen LogP) is 1.57. The van der Waals surface area contributed by atoms with Crippen LogP contribution in [-0.2, 0) is 17.9 Å². The summed E-state index contributed by atoms with van der Waals surface area (Å²) in [6.07, 6.45) is 0. The number of benzene rings is 1. The van der Waals surface area contributed by atoms with Crippen LogP contribution in [0.3, 0.4) is 0 Å². The van der Waals surface area contributed by atoms with E-state index in [0.29, 0.717) is 5.56 Å². The van der Waals surface area contributed by atoms with Gasteiger partial charge in [0.25, 0.3) is 0 Å². The van der Waals surface area contributed by atoms with Crippen LogP contribution in [0.25, 0.3) is 0 Å². The number of ether oxygens (including phenoxy) is 1. The van der Waals surface area contributed by atoms with Gasteiger partial charge in [-0.1, -0.05) is 6.07 Å². The van der Waals surface area contributed by atoms with Gasteiger partial charge in [0, 0.05) is 24.8 Å². The van der Waals surface area contributed by atoms with Gasteiger partial charge in [-0.2, -0.15) is 0 Å². The highest BCUT2D eigenvalue weighted by atomic mass is 19.1. The minimum atomic E-state index is -0.607. The molecule has 72 valence electrons. The fraction of sp³-hybridized carbons (Fsp3) is 0.333. The van der Waals surface area contributed by atoms with Crippen molar-refractivity contribution >= 4 is 0 Å². The van der Waals surface area contributed by atoms with Crippen molar-refractivity contribution in [2.75, 3.05) is 7.11 Å². The van der Waals surface area contributed by atoms with Gasteiger partial charge in [-0.25, -0.2) is 8.78 Å². The third kappa shape index (κ3) is 2.02. The summed E-state index contributed by atoms with van der Waals surface area (Å²) < 4.78 is 31.0. The van der Waals surface area contributed by atoms with E-state index in [9.17, 15) is 8.78 Å². The van der Waals surface area contributed by atoms with Crippen molar-refractivity contribution < 1.29 is 13.5 Å². The number of rotatable bonds is 3. The van der Waals surface area contributed by atoms with Gasteiger partial charge in [0.1, 0.15) is 11.6 Å². The zero-order chi connectivity index (χ0) is 9.84. The lowest BCUT2D eigenvalue weighted by Gasteiger charge is -2.06. The third-order valence-electron chi connectivity index (χ3n) is 1.77. The van der Waals surface area contributed by atoms with E-state index in [1.165, 1.54) is 19.2 Å². The van der Waals surface area contributed by atoms with Crippen LogP contribution in [0.5, 0.6) is 0 Å². The lowest BCUT2D eigenvalue weighted by atomic mass is 10.1. The molecule has 2 nitrogen and oxygen atoms in total. The van der Waals surface area contributed by atoms with Crippen molar-refractivity contribution in [3.63, 3.8) is 0 Å². The van der Waals surface area contributed by atoms with Crippen molar-refractivity contribution in [3.05, 3.63) is 34.9 Å². The standard InChI is InChI=1S/C9H11F2NO/c1-13-5-7-8(10)3-2-6(4-12)9(7)11/h2-3H,4-5,12H2,1H3. The summed E-state index contributed by atoms with van der Waals surface area (Å²) in [7, 11) is 1.38. The van der Waals surface area contributed by atoms with Crippen LogP contribution < -0.4 is 5.73 Å². The van der Waals surface area contributed by atoms with Gasteiger partial charge in [0.15, 0.2) is 0 Å². The van der Waals surface area contributed by atoms with Crippen LogP contribution in [0.1, 0.15) is 11.1 Å². The molecule has 0 spiro atoms. The van der Waals surface area contributed by atoms with E-state index in [0.717, 1.165) is 0 Å². The third-order valence-corrected chi connectivity index (χ3v) is 1.77. The van der Waals surface area contributed by atoms with Crippen LogP contribution >= 0.6 is 0 Å². The Labute approximate surface area is 75.3 Å². The molecule has 0 heterocycles. The molecular formula is C9H11F2NO. The highest BCUT2D eigenvalue weighted by Crippen LogP contribution is 2.17. The molecule has 4 heteroatoms. The van der Waals surface area contributed by atoms with E-state index < -0.39 is 11.6 Å². The van der Waals surface area contributed by atoms with Gasteiger partial charge in [-0.3, -0.25) is 0 Å². The fourth-order valence-electron chi connectivity index (χ4n) is 1.08. The van der Waals surface area contributed by atoms with Crippen LogP contribution in [-0.4, -0.2) is 7.11 Å². The van der Waals surface area contributed by atoms with E-state index >= 15 is 0 Å². The molecule has 1 rings (SSSR count). The zero-order valence-electron chi connectivity index (χ0n) is 7.31. The maximum absolute atomic E-state index is 13.3. The van der Waals surface area contributed by atoms with Crippen LogP contribution in [0, 0.1) is 11.6 Å². The predicted molar refractivity (Wildman–Crippen MR) is 45.0 cm³/mol. The summed E-state index contributed by atoms with van der Waals surface area (Å²) in [6, 6.07) is 2.53. The number of methoxy groups -OCH3 is 1. The second-order valence-electron chi connectivity index (χ2n) is 2.64. The van der Waals surface area contributed by atoms with Crippen molar-refractivity contribution in [2.24, 2.45) is 5.73 Å². The minimum Gasteiger partial charge on any atom is -0.380 e. The highest BCUT2D eigenvalue weighted by Gasteiger charge is 2.11. The van der Waals surface area contributed by atoms with E-state index in [4.69, 9.17) is 5.73 Å². The first-order valence-corrected chi connectivity index (χ1v) is 3.85. The Morgan fingerprint density at radius 3 is 2.62 bits per heavy atom. The van der Waals surface area contributed by atoms with Gasteiger partial charge in [-0.05, 0) is 6.07 Å². The molecule has 0 aliphatic carbocycles. The van der Waals surface area contributed by atoms with Gasteiger partial charge in [-0.15, -0.1) is 0 Å². The van der Waals surface area contributed by atoms with Crippen LogP contribution in [0.4, 0.5) is 8.78 Å². The molecular weight excluding hydrogens is 176 g/mol. The molecule has 2 N–H and O–H groups in total. The maximum atomic E-state index is 13.3. The summed E-state index contributed by atoms with van der Waals surface area (Å²) in [6.45, 7) is -0.0195. The number of hydrogen-bond acceptors (Lipinski definition) is 2. The summed E-state index contributed by atoms with van der Waals surface area (Å²) in [5.74, 6) is -1.21. The van der Waals surface area contributed by atoms with E-state index in [-0.39, 0.29) is 18.7 Å². The van der Waals surface area contributed by atoms with Gasteiger partial charge in [0.2, 0.25) is 0 Å². The maximum Gasteiger partial charge on any atom is 0.136 e. The molecule has 0 bridgehead atoms. The molecule has 1 aromatic carbocycles. The van der Waals surface area contributed by atoms with Gasteiger partial charge in [0.05, 0.1) is 6.61 Å². The van der Waals surface area contributed by atoms with E-state index in [1.807, 2.05) is 0 Å². The Kier molecular flexibility index (Phi) is 3.33. The molecule has 13 heavy (non-hydrogen) atoms. The second-order valence-corrected chi connectivity index (χ2v) is 2.64. The summed E-state index contributed by atoms with van der Waals surface area (Å²) in [4.78, 5) is 0. The molecule has 0 saturated heterocycles. The highest BCUT2D eigenvalue weighted by molar-refractivity contribution is 5.26. The smallest absolute Gasteiger partial charge is 0.136 e. The fourth-order valence-corrected chi connectivity index (χ4v) is 1.08. The second kappa shape index (κ2) is 4.30. The zero-order valence-corrected chi connectivity index (χ0v) is 7.31. The SMILES string of the molecule is COCc1c(F)ccc(CN)c1F. The average Bonchev–Trinajstić information content (AvgIpc) is 2.12. The molecule has 0 unspecified atom stereocenters. The van der Waals surface area contributed by atoms with E-state index in [1.54, 1.807) is 0 Å². The van der Waals surface area contributed by atoms with Crippen molar-refractivity contribution in [1.82, 2.24) is 0 Å². The molecule has 0 aliphatic heterocycles. The lowest BCUT2D eigenvalue weighted by Crippen LogP contribution is -2.05. The molecule has 0 fully saturated rings. The van der Waals surface area contributed by atoms with Crippen molar-refractivity contribution in [1.29, 1.82) is 0 Å². The Morgan fingerprint density at radius 2 is 2.08 bits per heavy atom. The monoisotopic (exact) mass is 187 g/mol. The molecule has 0 aliphatic rings. The van der Waals surface area contributed by atoms with Crippen molar-refractivity contribution in [3.8, 4) is 0 Å². The van der Waals surface area contributed by atoms with Crippen molar-refractivity contribution in [2.45, 2.75) is 13.2 Å². The lowest BCUT2D eigenvalue weighted by molar-refractivity contribution is 0.177. The van der Waals surface area contributed by atoms with Crippen LogP contribution in [0.15, 0.2) is 12.1 Å². The molecule has 0 amide bonds. The van der Waals surface area contributed by atoms with E-state index in [2.05, 4.69) is 4.74 Å². The molecule has 0 radical (unpaired) electrons. The largest absolute Gasteiger partial charge is 0.380 e. The summed E-state index contributed by atoms with van der Waals surface area (Å²) in [5.41, 5.74) is 5.50. The Bertz CT molecular complexity index is 302. The molecule has 0 aromatic heterocycles. The normalized spacial score (nSPS) is 10.5. The first-order valence-electron chi connectivity index (χ1n) is 3.85. The minimum absolute atomic E-state index is 0.0584. The summed E-state index contributed by atoms with van der Waals surface area (Å²) >= 11 is 0. The number of nitrogens with two attached hydrogens (primary N) is 1. The Morgan fingerprint density at radius 1 is 1.38 bits per heavy atom. The van der Waals surface area contributed by atoms with Crippen LogP contribution in [0.2, 0.25) is 0 Å². The molecule has 1 aromatic rings. The molecule has 0 saturated carbocycles. The Balaban J connectivity index is 3.13. The topological polar surface area (TPSA) is 35.2 Å². The number of hydrogen-bond donors (Lipinski definition) is 1. The van der Waals surface area contributed by atoms with Gasteiger partial charge >= 0.3 is 0 Å². The first-order chi connectivity index (χ1) is 6.20. The average molecular weight is 187 g/mol. The molecule has 0 atom stereocenters.